The van der Waals surface area contributed by atoms with Crippen molar-refractivity contribution in [3.63, 3.8) is 0 Å². The summed E-state index contributed by atoms with van der Waals surface area (Å²) in [6, 6.07) is 4.46. The first kappa shape index (κ1) is 14.8. The van der Waals surface area contributed by atoms with Crippen molar-refractivity contribution in [2.45, 2.75) is 13.3 Å². The summed E-state index contributed by atoms with van der Waals surface area (Å²) in [4.78, 5) is 24.1. The van der Waals surface area contributed by atoms with Crippen LogP contribution < -0.4 is 0 Å². The van der Waals surface area contributed by atoms with E-state index in [4.69, 9.17) is 28.3 Å². The highest BCUT2D eigenvalue weighted by Crippen LogP contribution is 2.20. The Bertz CT molecular complexity index is 442. The fourth-order valence-corrected chi connectivity index (χ4v) is 2.07. The molecule has 0 aromatic heterocycles. The zero-order chi connectivity index (χ0) is 13.7. The van der Waals surface area contributed by atoms with Gasteiger partial charge in [0.05, 0.1) is 0 Å². The van der Waals surface area contributed by atoms with E-state index in [1.54, 1.807) is 0 Å². The largest absolute Gasteiger partial charge is 0.480 e. The first-order valence-electron chi connectivity index (χ1n) is 5.41. The summed E-state index contributed by atoms with van der Waals surface area (Å²) in [5.41, 5.74) is 0.294. The molecule has 0 bridgehead atoms. The van der Waals surface area contributed by atoms with E-state index in [1.165, 1.54) is 23.1 Å². The molecule has 4 nitrogen and oxygen atoms in total. The third-order valence-electron chi connectivity index (χ3n) is 2.22. The molecule has 0 unspecified atom stereocenters. The Hall–Kier alpha value is -1.26. The molecule has 0 saturated heterocycles. The zero-order valence-corrected chi connectivity index (χ0v) is 11.3. The molecule has 0 atom stereocenters. The third-order valence-corrected chi connectivity index (χ3v) is 2.65. The number of carboxylic acid groups (broad SMARTS) is 1. The molecule has 18 heavy (non-hydrogen) atoms. The van der Waals surface area contributed by atoms with E-state index in [1.807, 2.05) is 6.92 Å². The molecule has 0 aliphatic heterocycles. The number of carbonyl (C=O) groups excluding carboxylic acids is 1. The molecule has 1 aromatic carbocycles. The number of carboxylic acids is 1. The van der Waals surface area contributed by atoms with Crippen LogP contribution in [0, 0.1) is 0 Å². The van der Waals surface area contributed by atoms with Crippen LogP contribution in [0.1, 0.15) is 23.7 Å². The fraction of sp³-hybridized carbons (Fsp3) is 0.333. The quantitative estimate of drug-likeness (QED) is 0.907. The van der Waals surface area contributed by atoms with E-state index in [2.05, 4.69) is 0 Å². The fourth-order valence-electron chi connectivity index (χ4n) is 1.55. The lowest BCUT2D eigenvalue weighted by Crippen LogP contribution is -2.36. The highest BCUT2D eigenvalue weighted by Gasteiger charge is 2.18. The number of hydrogen-bond donors (Lipinski definition) is 1. The molecule has 1 aromatic rings. The van der Waals surface area contributed by atoms with Crippen molar-refractivity contribution in [1.29, 1.82) is 0 Å². The second kappa shape index (κ2) is 6.61. The Labute approximate surface area is 115 Å². The summed E-state index contributed by atoms with van der Waals surface area (Å²) in [6.07, 6.45) is 0.674. The molecule has 0 aliphatic carbocycles. The average Bonchev–Trinajstić information content (AvgIpc) is 2.25. The number of aliphatic carboxylic acids is 1. The molecule has 98 valence electrons. The van der Waals surface area contributed by atoms with Gasteiger partial charge in [0.1, 0.15) is 6.54 Å². The predicted molar refractivity (Wildman–Crippen MR) is 70.3 cm³/mol. The number of rotatable bonds is 5. The van der Waals surface area contributed by atoms with E-state index >= 15 is 0 Å². The van der Waals surface area contributed by atoms with Crippen molar-refractivity contribution >= 4 is 35.1 Å². The van der Waals surface area contributed by atoms with Crippen LogP contribution >= 0.6 is 23.2 Å². The SMILES string of the molecule is CCCN(CC(=O)O)C(=O)c1cc(Cl)cc(Cl)c1. The van der Waals surface area contributed by atoms with Crippen molar-refractivity contribution in [2.24, 2.45) is 0 Å². The molecule has 6 heteroatoms. The molecule has 1 N–H and O–H groups in total. The standard InChI is InChI=1S/C12H13Cl2NO3/c1-2-3-15(7-11(16)17)12(18)8-4-9(13)6-10(14)5-8/h4-6H,2-3,7H2,1H3,(H,16,17). The number of hydrogen-bond acceptors (Lipinski definition) is 2. The second-order valence-electron chi connectivity index (χ2n) is 3.78. The van der Waals surface area contributed by atoms with Gasteiger partial charge in [-0.15, -0.1) is 0 Å². The number of benzene rings is 1. The van der Waals surface area contributed by atoms with Crippen LogP contribution in [0.15, 0.2) is 18.2 Å². The summed E-state index contributed by atoms with van der Waals surface area (Å²) in [5.74, 6) is -1.44. The van der Waals surface area contributed by atoms with Gasteiger partial charge in [-0.3, -0.25) is 9.59 Å². The maximum Gasteiger partial charge on any atom is 0.323 e. The lowest BCUT2D eigenvalue weighted by atomic mass is 10.2. The smallest absolute Gasteiger partial charge is 0.323 e. The van der Waals surface area contributed by atoms with Gasteiger partial charge in [-0.1, -0.05) is 30.1 Å². The Morgan fingerprint density at radius 1 is 1.22 bits per heavy atom. The minimum atomic E-state index is -1.05. The van der Waals surface area contributed by atoms with Gasteiger partial charge in [0.15, 0.2) is 0 Å². The summed E-state index contributed by atoms with van der Waals surface area (Å²) in [5, 5.41) is 9.46. The van der Waals surface area contributed by atoms with Gasteiger partial charge >= 0.3 is 5.97 Å². The van der Waals surface area contributed by atoms with E-state index in [0.717, 1.165) is 0 Å². The van der Waals surface area contributed by atoms with Crippen LogP contribution in [-0.4, -0.2) is 35.0 Å². The lowest BCUT2D eigenvalue weighted by molar-refractivity contribution is -0.137. The summed E-state index contributed by atoms with van der Waals surface area (Å²) in [7, 11) is 0. The molecular weight excluding hydrogens is 277 g/mol. The number of carbonyl (C=O) groups is 2. The Kier molecular flexibility index (Phi) is 5.44. The van der Waals surface area contributed by atoms with Crippen LogP contribution in [0.4, 0.5) is 0 Å². The van der Waals surface area contributed by atoms with Crippen LogP contribution in [0.25, 0.3) is 0 Å². The van der Waals surface area contributed by atoms with Crippen molar-refractivity contribution in [2.75, 3.05) is 13.1 Å². The molecule has 1 rings (SSSR count). The molecule has 0 saturated carbocycles. The first-order valence-corrected chi connectivity index (χ1v) is 6.16. The molecular formula is C12H13Cl2NO3. The van der Waals surface area contributed by atoms with Gasteiger partial charge in [0.2, 0.25) is 0 Å². The normalized spacial score (nSPS) is 10.2. The minimum absolute atomic E-state index is 0.294. The van der Waals surface area contributed by atoms with Gasteiger partial charge in [-0.25, -0.2) is 0 Å². The topological polar surface area (TPSA) is 57.6 Å². The monoisotopic (exact) mass is 289 g/mol. The van der Waals surface area contributed by atoms with E-state index in [9.17, 15) is 9.59 Å². The van der Waals surface area contributed by atoms with Crippen molar-refractivity contribution in [3.8, 4) is 0 Å². The highest BCUT2D eigenvalue weighted by atomic mass is 35.5. The van der Waals surface area contributed by atoms with Gasteiger partial charge in [0.25, 0.3) is 5.91 Å². The van der Waals surface area contributed by atoms with E-state index in [-0.39, 0.29) is 12.5 Å². The van der Waals surface area contributed by atoms with Gasteiger partial charge < -0.3 is 10.0 Å². The molecule has 0 fully saturated rings. The number of nitrogens with zero attached hydrogens (tertiary/aromatic N) is 1. The molecule has 0 aliphatic rings. The van der Waals surface area contributed by atoms with Crippen molar-refractivity contribution in [3.05, 3.63) is 33.8 Å². The summed E-state index contributed by atoms with van der Waals surface area (Å²) < 4.78 is 0. The molecule has 0 spiro atoms. The molecule has 0 heterocycles. The summed E-state index contributed by atoms with van der Waals surface area (Å²) in [6.45, 7) is 1.90. The van der Waals surface area contributed by atoms with E-state index in [0.29, 0.717) is 28.6 Å². The van der Waals surface area contributed by atoms with Gasteiger partial charge in [-0.05, 0) is 24.6 Å². The molecule has 1 amide bonds. The van der Waals surface area contributed by atoms with Gasteiger partial charge in [-0.2, -0.15) is 0 Å². The first-order chi connectivity index (χ1) is 8.43. The molecule has 0 radical (unpaired) electrons. The Balaban J connectivity index is 2.97. The maximum atomic E-state index is 12.1. The third kappa shape index (κ3) is 4.20. The highest BCUT2D eigenvalue weighted by molar-refractivity contribution is 6.35. The van der Waals surface area contributed by atoms with Crippen LogP contribution in [-0.2, 0) is 4.79 Å². The lowest BCUT2D eigenvalue weighted by Gasteiger charge is -2.20. The Morgan fingerprint density at radius 3 is 2.22 bits per heavy atom. The van der Waals surface area contributed by atoms with Gasteiger partial charge in [0, 0.05) is 22.2 Å². The van der Waals surface area contributed by atoms with Crippen LogP contribution in [0.3, 0.4) is 0 Å². The Morgan fingerprint density at radius 2 is 1.78 bits per heavy atom. The second-order valence-corrected chi connectivity index (χ2v) is 4.65. The average molecular weight is 290 g/mol. The van der Waals surface area contributed by atoms with Crippen molar-refractivity contribution < 1.29 is 14.7 Å². The minimum Gasteiger partial charge on any atom is -0.480 e. The maximum absolute atomic E-state index is 12.1. The van der Waals surface area contributed by atoms with E-state index < -0.39 is 5.97 Å². The van der Waals surface area contributed by atoms with Crippen LogP contribution in [0.2, 0.25) is 10.0 Å². The number of amides is 1. The predicted octanol–water partition coefficient (Wildman–Crippen LogP) is 2.93. The summed E-state index contributed by atoms with van der Waals surface area (Å²) >= 11 is 11.6. The number of halogens is 2. The van der Waals surface area contributed by atoms with Crippen LogP contribution in [0.5, 0.6) is 0 Å². The van der Waals surface area contributed by atoms with Crippen molar-refractivity contribution in [1.82, 2.24) is 4.90 Å². The zero-order valence-electron chi connectivity index (χ0n) is 9.82.